The van der Waals surface area contributed by atoms with Gasteiger partial charge in [0.1, 0.15) is 18.0 Å². The summed E-state index contributed by atoms with van der Waals surface area (Å²) < 4.78 is 11.6. The van der Waals surface area contributed by atoms with Gasteiger partial charge in [-0.15, -0.1) is 0 Å². The summed E-state index contributed by atoms with van der Waals surface area (Å²) in [5.41, 5.74) is 8.87. The number of hydrogen-bond donors (Lipinski definition) is 1. The Morgan fingerprint density at radius 1 is 1.28 bits per heavy atom. The lowest BCUT2D eigenvalue weighted by molar-refractivity contribution is -0.0945. The minimum Gasteiger partial charge on any atom is -0.488 e. The number of nitrogens with two attached hydrogens (primary N) is 1. The molecule has 0 radical (unpaired) electrons. The van der Waals surface area contributed by atoms with Gasteiger partial charge >= 0.3 is 0 Å². The van der Waals surface area contributed by atoms with Gasteiger partial charge in [-0.05, 0) is 49.4 Å². The second kappa shape index (κ2) is 4.90. The maximum atomic E-state index is 6.01. The summed E-state index contributed by atoms with van der Waals surface area (Å²) in [4.78, 5) is 0. The fourth-order valence-corrected chi connectivity index (χ4v) is 2.95. The maximum Gasteiger partial charge on any atom is 0.128 e. The van der Waals surface area contributed by atoms with Gasteiger partial charge in [0.15, 0.2) is 0 Å². The third kappa shape index (κ3) is 2.13. The van der Waals surface area contributed by atoms with Crippen molar-refractivity contribution in [2.75, 3.05) is 6.61 Å². The van der Waals surface area contributed by atoms with Crippen LogP contribution in [-0.4, -0.2) is 24.9 Å². The van der Waals surface area contributed by atoms with E-state index in [4.69, 9.17) is 15.2 Å². The van der Waals surface area contributed by atoms with Crippen molar-refractivity contribution in [1.82, 2.24) is 0 Å². The normalized spacial score (nSPS) is 29.8. The number of aryl methyl sites for hydroxylation is 2. The van der Waals surface area contributed by atoms with Crippen LogP contribution in [0.5, 0.6) is 5.75 Å². The van der Waals surface area contributed by atoms with E-state index in [2.05, 4.69) is 18.2 Å². The van der Waals surface area contributed by atoms with Crippen molar-refractivity contribution >= 4 is 0 Å². The minimum absolute atomic E-state index is 0.0586. The zero-order valence-corrected chi connectivity index (χ0v) is 10.9. The summed E-state index contributed by atoms with van der Waals surface area (Å²) in [6.45, 7) is 2.69. The molecule has 1 aromatic rings. The Hall–Kier alpha value is -1.06. The Kier molecular flexibility index (Phi) is 3.27. The second-order valence-corrected chi connectivity index (χ2v) is 5.26. The van der Waals surface area contributed by atoms with Gasteiger partial charge in [-0.3, -0.25) is 0 Å². The molecule has 98 valence electrons. The van der Waals surface area contributed by atoms with E-state index < -0.39 is 0 Å². The van der Waals surface area contributed by atoms with Gasteiger partial charge in [-0.25, -0.2) is 0 Å². The van der Waals surface area contributed by atoms with Crippen LogP contribution in [0.4, 0.5) is 0 Å². The molecular weight excluding hydrogens is 226 g/mol. The largest absolute Gasteiger partial charge is 0.488 e. The molecule has 18 heavy (non-hydrogen) atoms. The highest BCUT2D eigenvalue weighted by Gasteiger charge is 2.41. The highest BCUT2D eigenvalue weighted by Crippen LogP contribution is 2.31. The van der Waals surface area contributed by atoms with Crippen LogP contribution in [0.15, 0.2) is 18.2 Å². The van der Waals surface area contributed by atoms with Crippen molar-refractivity contribution in [3.05, 3.63) is 29.3 Å². The topological polar surface area (TPSA) is 44.5 Å². The lowest BCUT2D eigenvalue weighted by atomic mass is 9.86. The first kappa shape index (κ1) is 12.0. The summed E-state index contributed by atoms with van der Waals surface area (Å²) in [6, 6.07) is 6.60. The van der Waals surface area contributed by atoms with E-state index in [-0.39, 0.29) is 18.2 Å². The molecule has 0 spiro atoms. The molecule has 0 aromatic heterocycles. The number of hydrogen-bond acceptors (Lipinski definition) is 3. The van der Waals surface area contributed by atoms with Gasteiger partial charge < -0.3 is 15.2 Å². The Morgan fingerprint density at radius 3 is 2.89 bits per heavy atom. The van der Waals surface area contributed by atoms with Crippen molar-refractivity contribution in [2.24, 2.45) is 5.73 Å². The average Bonchev–Trinajstić information content (AvgIpc) is 2.83. The van der Waals surface area contributed by atoms with Crippen LogP contribution >= 0.6 is 0 Å². The molecule has 0 aliphatic heterocycles. The lowest BCUT2D eigenvalue weighted by Crippen LogP contribution is -2.59. The lowest BCUT2D eigenvalue weighted by Gasteiger charge is -2.41. The summed E-state index contributed by atoms with van der Waals surface area (Å²) in [7, 11) is 0. The molecule has 2 aliphatic rings. The highest BCUT2D eigenvalue weighted by atomic mass is 16.5. The smallest absolute Gasteiger partial charge is 0.128 e. The number of rotatable bonds is 4. The predicted molar refractivity (Wildman–Crippen MR) is 70.9 cm³/mol. The fourth-order valence-electron chi connectivity index (χ4n) is 2.95. The van der Waals surface area contributed by atoms with E-state index in [9.17, 15) is 0 Å². The third-order valence-electron chi connectivity index (χ3n) is 4.01. The molecule has 3 rings (SSSR count). The molecule has 3 atom stereocenters. The van der Waals surface area contributed by atoms with E-state index in [0.29, 0.717) is 6.61 Å². The minimum atomic E-state index is 0.0586. The van der Waals surface area contributed by atoms with Crippen molar-refractivity contribution < 1.29 is 9.47 Å². The molecule has 0 bridgehead atoms. The number of benzene rings is 1. The molecule has 1 saturated carbocycles. The first-order valence-corrected chi connectivity index (χ1v) is 6.93. The van der Waals surface area contributed by atoms with Gasteiger partial charge in [0, 0.05) is 19.1 Å². The van der Waals surface area contributed by atoms with E-state index in [1.807, 2.05) is 6.92 Å². The van der Waals surface area contributed by atoms with Crippen LogP contribution in [0.1, 0.15) is 30.9 Å². The first-order valence-electron chi connectivity index (χ1n) is 6.93. The van der Waals surface area contributed by atoms with Gasteiger partial charge in [-0.1, -0.05) is 6.07 Å². The molecule has 3 nitrogen and oxygen atoms in total. The summed E-state index contributed by atoms with van der Waals surface area (Å²) >= 11 is 0. The number of fused-ring (bicyclic) bond motifs is 1. The van der Waals surface area contributed by atoms with Gasteiger partial charge in [-0.2, -0.15) is 0 Å². The van der Waals surface area contributed by atoms with Crippen LogP contribution in [0.2, 0.25) is 0 Å². The third-order valence-corrected chi connectivity index (χ3v) is 4.01. The molecular formula is C15H21NO2. The average molecular weight is 247 g/mol. The SMILES string of the molecule is CCOC1C(N)CC1Oc1ccc2c(c1)CCC2. The molecule has 1 fully saturated rings. The Morgan fingerprint density at radius 2 is 2.11 bits per heavy atom. The Bertz CT molecular complexity index is 433. The second-order valence-electron chi connectivity index (χ2n) is 5.26. The van der Waals surface area contributed by atoms with E-state index in [0.717, 1.165) is 12.2 Å². The molecule has 3 heteroatoms. The molecule has 0 saturated heterocycles. The molecule has 0 amide bonds. The van der Waals surface area contributed by atoms with Gasteiger partial charge in [0.2, 0.25) is 0 Å². The van der Waals surface area contributed by atoms with Crippen molar-refractivity contribution in [1.29, 1.82) is 0 Å². The van der Waals surface area contributed by atoms with Crippen molar-refractivity contribution in [3.8, 4) is 5.75 Å². The fraction of sp³-hybridized carbons (Fsp3) is 0.600. The van der Waals surface area contributed by atoms with Crippen molar-refractivity contribution in [2.45, 2.75) is 50.9 Å². The molecule has 3 unspecified atom stereocenters. The highest BCUT2D eigenvalue weighted by molar-refractivity contribution is 5.38. The monoisotopic (exact) mass is 247 g/mol. The zero-order valence-electron chi connectivity index (χ0n) is 10.9. The molecule has 1 aromatic carbocycles. The van der Waals surface area contributed by atoms with Gasteiger partial charge in [0.05, 0.1) is 0 Å². The quantitative estimate of drug-likeness (QED) is 0.885. The zero-order chi connectivity index (χ0) is 12.5. The standard InChI is InChI=1S/C15H21NO2/c1-2-17-15-13(16)9-14(15)18-12-7-6-10-4-3-5-11(10)8-12/h6-8,13-15H,2-5,9,16H2,1H3. The van der Waals surface area contributed by atoms with E-state index in [1.165, 1.54) is 30.4 Å². The van der Waals surface area contributed by atoms with Crippen molar-refractivity contribution in [3.63, 3.8) is 0 Å². The van der Waals surface area contributed by atoms with Crippen LogP contribution in [0, 0.1) is 0 Å². The summed E-state index contributed by atoms with van der Waals surface area (Å²) in [6.07, 6.45) is 4.75. The van der Waals surface area contributed by atoms with E-state index in [1.54, 1.807) is 0 Å². The van der Waals surface area contributed by atoms with Crippen LogP contribution in [0.3, 0.4) is 0 Å². The summed E-state index contributed by atoms with van der Waals surface area (Å²) in [5, 5.41) is 0. The predicted octanol–water partition coefficient (Wildman–Crippen LogP) is 2.06. The van der Waals surface area contributed by atoms with Gasteiger partial charge in [0.25, 0.3) is 0 Å². The Balaban J connectivity index is 1.66. The van der Waals surface area contributed by atoms with Crippen LogP contribution in [-0.2, 0) is 17.6 Å². The maximum absolute atomic E-state index is 6.01. The van der Waals surface area contributed by atoms with Crippen LogP contribution in [0.25, 0.3) is 0 Å². The van der Waals surface area contributed by atoms with Crippen LogP contribution < -0.4 is 10.5 Å². The first-order chi connectivity index (χ1) is 8.78. The number of ether oxygens (including phenoxy) is 2. The molecule has 2 aliphatic carbocycles. The molecule has 0 heterocycles. The Labute approximate surface area is 108 Å². The van der Waals surface area contributed by atoms with E-state index >= 15 is 0 Å². The molecule has 2 N–H and O–H groups in total. The summed E-state index contributed by atoms with van der Waals surface area (Å²) in [5.74, 6) is 0.970.